The van der Waals surface area contributed by atoms with Gasteiger partial charge in [-0.25, -0.2) is 4.79 Å². The molecule has 0 radical (unpaired) electrons. The van der Waals surface area contributed by atoms with E-state index >= 15 is 0 Å². The molecule has 1 N–H and O–H groups in total. The number of ether oxygens (including phenoxy) is 2. The molecule has 0 saturated heterocycles. The van der Waals surface area contributed by atoms with Gasteiger partial charge in [-0.1, -0.05) is 31.5 Å². The van der Waals surface area contributed by atoms with Gasteiger partial charge in [0, 0.05) is 18.9 Å². The summed E-state index contributed by atoms with van der Waals surface area (Å²) < 4.78 is 42.8. The Labute approximate surface area is 190 Å². The highest BCUT2D eigenvalue weighted by atomic mass is 32.2. The van der Waals surface area contributed by atoms with Crippen LogP contribution in [0, 0.1) is 6.92 Å². The molecule has 1 aliphatic rings. The van der Waals surface area contributed by atoms with E-state index in [0.29, 0.717) is 0 Å². The maximum absolute atomic E-state index is 13.0. The standard InChI is InChI=1S/C23H33NO7S/c1-6-18(7-2)30-20-13-17(23(26)29-8-3)14-21(22(20)24-16(5)25)31-32(27,28)19-11-9-15(4)10-12-19/h9-13,18,20-22H,6-8,14H2,1-5H3,(H,24,25)/t20-,21-,22?/m1/s1. The first-order valence-electron chi connectivity index (χ1n) is 10.9. The number of carbonyl (C=O) groups is 2. The lowest BCUT2D eigenvalue weighted by Crippen LogP contribution is -2.55. The number of hydrogen-bond acceptors (Lipinski definition) is 7. The largest absolute Gasteiger partial charge is 0.463 e. The van der Waals surface area contributed by atoms with E-state index in [4.69, 9.17) is 13.7 Å². The van der Waals surface area contributed by atoms with Crippen molar-refractivity contribution >= 4 is 22.0 Å². The molecule has 8 nitrogen and oxygen atoms in total. The molecule has 3 atom stereocenters. The Morgan fingerprint density at radius 3 is 2.28 bits per heavy atom. The average Bonchev–Trinajstić information content (AvgIpc) is 2.73. The van der Waals surface area contributed by atoms with E-state index in [9.17, 15) is 18.0 Å². The predicted molar refractivity (Wildman–Crippen MR) is 119 cm³/mol. The molecule has 0 spiro atoms. The van der Waals surface area contributed by atoms with Gasteiger partial charge >= 0.3 is 5.97 Å². The molecule has 0 fully saturated rings. The van der Waals surface area contributed by atoms with Crippen molar-refractivity contribution in [2.75, 3.05) is 6.61 Å². The molecule has 1 aromatic carbocycles. The number of hydrogen-bond donors (Lipinski definition) is 1. The van der Waals surface area contributed by atoms with Crippen molar-refractivity contribution in [1.82, 2.24) is 5.32 Å². The number of aryl methyl sites for hydroxylation is 1. The van der Waals surface area contributed by atoms with Crippen LogP contribution in [-0.2, 0) is 33.4 Å². The van der Waals surface area contributed by atoms with Crippen LogP contribution in [0.4, 0.5) is 0 Å². The maximum atomic E-state index is 13.0. The van der Waals surface area contributed by atoms with Crippen molar-refractivity contribution in [2.45, 2.75) is 83.1 Å². The number of benzene rings is 1. The van der Waals surface area contributed by atoms with Crippen LogP contribution >= 0.6 is 0 Å². The molecule has 0 aromatic heterocycles. The number of rotatable bonds is 10. The summed E-state index contributed by atoms with van der Waals surface area (Å²) >= 11 is 0. The monoisotopic (exact) mass is 467 g/mol. The quantitative estimate of drug-likeness (QED) is 0.416. The first-order chi connectivity index (χ1) is 15.1. The van der Waals surface area contributed by atoms with E-state index in [0.717, 1.165) is 18.4 Å². The van der Waals surface area contributed by atoms with Gasteiger partial charge in [0.2, 0.25) is 5.91 Å². The number of carbonyl (C=O) groups excluding carboxylic acids is 2. The van der Waals surface area contributed by atoms with Crippen LogP contribution in [0.2, 0.25) is 0 Å². The van der Waals surface area contributed by atoms with Crippen LogP contribution in [0.25, 0.3) is 0 Å². The van der Waals surface area contributed by atoms with Crippen LogP contribution in [-0.4, -0.2) is 51.3 Å². The minimum absolute atomic E-state index is 0.00521. The molecule has 178 valence electrons. The minimum atomic E-state index is -4.16. The third kappa shape index (κ3) is 6.88. The fourth-order valence-electron chi connectivity index (χ4n) is 3.55. The van der Waals surface area contributed by atoms with E-state index in [1.165, 1.54) is 19.1 Å². The van der Waals surface area contributed by atoms with Crippen LogP contribution in [0.15, 0.2) is 40.8 Å². The number of amides is 1. The van der Waals surface area contributed by atoms with Gasteiger partial charge in [0.05, 0.1) is 29.8 Å². The second kappa shape index (κ2) is 11.6. The molecule has 0 aliphatic heterocycles. The molecule has 32 heavy (non-hydrogen) atoms. The first-order valence-corrected chi connectivity index (χ1v) is 12.3. The molecule has 1 unspecified atom stereocenters. The van der Waals surface area contributed by atoms with Crippen LogP contribution in [0.1, 0.15) is 52.5 Å². The molecule has 1 aliphatic carbocycles. The van der Waals surface area contributed by atoms with Crippen molar-refractivity contribution in [2.24, 2.45) is 0 Å². The van der Waals surface area contributed by atoms with Gasteiger partial charge in [0.15, 0.2) is 0 Å². The molecular formula is C23H33NO7S. The summed E-state index contributed by atoms with van der Waals surface area (Å²) in [5.41, 5.74) is 1.16. The molecule has 0 heterocycles. The number of nitrogens with one attached hydrogen (secondary N) is 1. The van der Waals surface area contributed by atoms with E-state index < -0.39 is 34.3 Å². The Balaban J connectivity index is 2.44. The van der Waals surface area contributed by atoms with Gasteiger partial charge in [0.1, 0.15) is 6.10 Å². The van der Waals surface area contributed by atoms with E-state index in [-0.39, 0.29) is 35.5 Å². The third-order valence-electron chi connectivity index (χ3n) is 5.27. The Hall–Kier alpha value is -2.23. The zero-order valence-electron chi connectivity index (χ0n) is 19.3. The van der Waals surface area contributed by atoms with Crippen molar-refractivity contribution < 1.29 is 31.7 Å². The van der Waals surface area contributed by atoms with Crippen molar-refractivity contribution in [3.63, 3.8) is 0 Å². The molecule has 9 heteroatoms. The predicted octanol–water partition coefficient (Wildman–Crippen LogP) is 3.04. The molecule has 2 rings (SSSR count). The summed E-state index contributed by atoms with van der Waals surface area (Å²) in [6, 6.07) is 5.46. The van der Waals surface area contributed by atoms with Crippen molar-refractivity contribution in [3.05, 3.63) is 41.5 Å². The fourth-order valence-corrected chi connectivity index (χ4v) is 4.65. The summed E-state index contributed by atoms with van der Waals surface area (Å²) in [7, 11) is -4.16. The Morgan fingerprint density at radius 2 is 1.75 bits per heavy atom. The third-order valence-corrected chi connectivity index (χ3v) is 6.62. The normalized spacial score (nSPS) is 21.2. The fraction of sp³-hybridized carbons (Fsp3) is 0.565. The molecule has 1 aromatic rings. The van der Waals surface area contributed by atoms with Crippen LogP contribution < -0.4 is 5.32 Å². The summed E-state index contributed by atoms with van der Waals surface area (Å²) in [5.74, 6) is -0.921. The van der Waals surface area contributed by atoms with Gasteiger partial charge in [0.25, 0.3) is 10.1 Å². The lowest BCUT2D eigenvalue weighted by Gasteiger charge is -2.37. The maximum Gasteiger partial charge on any atom is 0.333 e. The highest BCUT2D eigenvalue weighted by Gasteiger charge is 2.41. The second-order valence-electron chi connectivity index (χ2n) is 7.78. The molecule has 0 bridgehead atoms. The first kappa shape index (κ1) is 26.0. The van der Waals surface area contributed by atoms with Crippen molar-refractivity contribution in [3.8, 4) is 0 Å². The van der Waals surface area contributed by atoms with E-state index in [2.05, 4.69) is 5.32 Å². The van der Waals surface area contributed by atoms with Crippen LogP contribution in [0.5, 0.6) is 0 Å². The Bertz CT molecular complexity index is 920. The lowest BCUT2D eigenvalue weighted by molar-refractivity contribution is -0.139. The van der Waals surface area contributed by atoms with Crippen LogP contribution in [0.3, 0.4) is 0 Å². The zero-order chi connectivity index (χ0) is 23.9. The highest BCUT2D eigenvalue weighted by Crippen LogP contribution is 2.29. The van der Waals surface area contributed by atoms with Gasteiger partial charge < -0.3 is 14.8 Å². The van der Waals surface area contributed by atoms with Gasteiger partial charge in [-0.15, -0.1) is 0 Å². The highest BCUT2D eigenvalue weighted by molar-refractivity contribution is 7.86. The smallest absolute Gasteiger partial charge is 0.333 e. The molecular weight excluding hydrogens is 434 g/mol. The molecule has 0 saturated carbocycles. The van der Waals surface area contributed by atoms with Gasteiger partial charge in [-0.2, -0.15) is 8.42 Å². The summed E-state index contributed by atoms with van der Waals surface area (Å²) in [5, 5.41) is 2.76. The Morgan fingerprint density at radius 1 is 1.12 bits per heavy atom. The summed E-state index contributed by atoms with van der Waals surface area (Å²) in [4.78, 5) is 24.4. The molecule has 1 amide bonds. The second-order valence-corrected chi connectivity index (χ2v) is 9.36. The summed E-state index contributed by atoms with van der Waals surface area (Å²) in [6.45, 7) is 8.99. The Kier molecular flexibility index (Phi) is 9.42. The number of esters is 1. The zero-order valence-corrected chi connectivity index (χ0v) is 20.1. The van der Waals surface area contributed by atoms with Crippen molar-refractivity contribution in [1.29, 1.82) is 0 Å². The minimum Gasteiger partial charge on any atom is -0.463 e. The topological polar surface area (TPSA) is 108 Å². The lowest BCUT2D eigenvalue weighted by atomic mass is 9.89. The SMILES string of the molecule is CCOC(=O)C1=C[C@@H](OC(CC)CC)C(NC(C)=O)[C@H](OS(=O)(=O)c2ccc(C)cc2)C1. The average molecular weight is 468 g/mol. The van der Waals surface area contributed by atoms with E-state index in [1.807, 2.05) is 20.8 Å². The van der Waals surface area contributed by atoms with E-state index in [1.54, 1.807) is 25.1 Å². The summed E-state index contributed by atoms with van der Waals surface area (Å²) in [6.07, 6.45) is 1.06. The van der Waals surface area contributed by atoms with Gasteiger partial charge in [-0.3, -0.25) is 8.98 Å². The van der Waals surface area contributed by atoms with Gasteiger partial charge in [-0.05, 0) is 44.9 Å².